The summed E-state index contributed by atoms with van der Waals surface area (Å²) in [6, 6.07) is 4.23. The first-order valence-electron chi connectivity index (χ1n) is 5.04. The minimum Gasteiger partial charge on any atom is -0.469 e. The molecule has 2 atom stereocenters. The van der Waals surface area contributed by atoms with Gasteiger partial charge in [-0.3, -0.25) is 0 Å². The first-order valence-corrected chi connectivity index (χ1v) is 5.04. The SMILES string of the molecule is CC1CC(O)(Cc2ccco2)CN1C. The highest BCUT2D eigenvalue weighted by Gasteiger charge is 2.39. The van der Waals surface area contributed by atoms with Gasteiger partial charge in [-0.15, -0.1) is 0 Å². The summed E-state index contributed by atoms with van der Waals surface area (Å²) >= 11 is 0. The Kier molecular flexibility index (Phi) is 2.37. The van der Waals surface area contributed by atoms with Gasteiger partial charge in [-0.05, 0) is 32.5 Å². The monoisotopic (exact) mass is 195 g/mol. The van der Waals surface area contributed by atoms with Gasteiger partial charge in [0.25, 0.3) is 0 Å². The summed E-state index contributed by atoms with van der Waals surface area (Å²) in [5.74, 6) is 0.870. The molecule has 1 N–H and O–H groups in total. The van der Waals surface area contributed by atoms with Crippen molar-refractivity contribution in [2.24, 2.45) is 0 Å². The number of furan rings is 1. The van der Waals surface area contributed by atoms with Gasteiger partial charge in [0.15, 0.2) is 0 Å². The molecule has 3 nitrogen and oxygen atoms in total. The minimum absolute atomic E-state index is 0.454. The number of likely N-dealkylation sites (N-methyl/N-ethyl adjacent to an activating group) is 1. The van der Waals surface area contributed by atoms with Gasteiger partial charge in [0.1, 0.15) is 5.76 Å². The number of aliphatic hydroxyl groups is 1. The Morgan fingerprint density at radius 1 is 1.71 bits per heavy atom. The van der Waals surface area contributed by atoms with Gasteiger partial charge in [-0.1, -0.05) is 0 Å². The van der Waals surface area contributed by atoms with Gasteiger partial charge < -0.3 is 14.4 Å². The Labute approximate surface area is 84.3 Å². The van der Waals surface area contributed by atoms with Crippen LogP contribution in [0.4, 0.5) is 0 Å². The molecule has 78 valence electrons. The second-order valence-corrected chi connectivity index (χ2v) is 4.45. The van der Waals surface area contributed by atoms with E-state index in [4.69, 9.17) is 4.42 Å². The summed E-state index contributed by atoms with van der Waals surface area (Å²) in [5.41, 5.74) is -0.605. The number of hydrogen-bond acceptors (Lipinski definition) is 3. The minimum atomic E-state index is -0.605. The molecule has 2 rings (SSSR count). The Bertz CT molecular complexity index is 284. The van der Waals surface area contributed by atoms with Crippen molar-refractivity contribution in [2.75, 3.05) is 13.6 Å². The number of likely N-dealkylation sites (tertiary alicyclic amines) is 1. The molecular weight excluding hydrogens is 178 g/mol. The van der Waals surface area contributed by atoms with Crippen LogP contribution >= 0.6 is 0 Å². The van der Waals surface area contributed by atoms with E-state index < -0.39 is 5.60 Å². The normalized spacial score (nSPS) is 33.8. The van der Waals surface area contributed by atoms with Crippen LogP contribution in [-0.2, 0) is 6.42 Å². The fourth-order valence-electron chi connectivity index (χ4n) is 2.26. The molecule has 1 saturated heterocycles. The van der Waals surface area contributed by atoms with E-state index in [0.29, 0.717) is 12.5 Å². The van der Waals surface area contributed by atoms with Crippen LogP contribution in [0, 0.1) is 0 Å². The Balaban J connectivity index is 2.04. The van der Waals surface area contributed by atoms with Crippen molar-refractivity contribution < 1.29 is 9.52 Å². The molecule has 1 aliphatic rings. The van der Waals surface area contributed by atoms with E-state index in [1.165, 1.54) is 0 Å². The number of β-amino-alcohol motifs (C(OH)–C–C–N with tert-alkyl or cyclic N) is 1. The number of nitrogens with zero attached hydrogens (tertiary/aromatic N) is 1. The van der Waals surface area contributed by atoms with E-state index in [1.54, 1.807) is 6.26 Å². The third-order valence-corrected chi connectivity index (χ3v) is 3.05. The van der Waals surface area contributed by atoms with E-state index in [2.05, 4.69) is 11.8 Å². The third-order valence-electron chi connectivity index (χ3n) is 3.05. The van der Waals surface area contributed by atoms with Crippen LogP contribution in [0.1, 0.15) is 19.1 Å². The molecular formula is C11H17NO2. The summed E-state index contributed by atoms with van der Waals surface area (Å²) in [6.45, 7) is 2.87. The molecule has 0 saturated carbocycles. The van der Waals surface area contributed by atoms with E-state index in [9.17, 15) is 5.11 Å². The first-order chi connectivity index (χ1) is 6.59. The lowest BCUT2D eigenvalue weighted by molar-refractivity contribution is 0.0470. The first kappa shape index (κ1) is 9.74. The predicted octanol–water partition coefficient (Wildman–Crippen LogP) is 1.28. The number of rotatable bonds is 2. The van der Waals surface area contributed by atoms with Crippen LogP contribution in [0.2, 0.25) is 0 Å². The molecule has 1 aliphatic heterocycles. The van der Waals surface area contributed by atoms with Crippen molar-refractivity contribution in [3.05, 3.63) is 24.2 Å². The maximum Gasteiger partial charge on any atom is 0.106 e. The fourth-order valence-corrected chi connectivity index (χ4v) is 2.26. The molecule has 2 heterocycles. The van der Waals surface area contributed by atoms with E-state index >= 15 is 0 Å². The molecule has 1 aromatic heterocycles. The van der Waals surface area contributed by atoms with E-state index in [0.717, 1.165) is 18.7 Å². The van der Waals surface area contributed by atoms with Gasteiger partial charge in [-0.25, -0.2) is 0 Å². The highest BCUT2D eigenvalue weighted by atomic mass is 16.3. The lowest BCUT2D eigenvalue weighted by Crippen LogP contribution is -2.34. The average Bonchev–Trinajstić information content (AvgIpc) is 2.62. The topological polar surface area (TPSA) is 36.6 Å². The summed E-state index contributed by atoms with van der Waals surface area (Å²) < 4.78 is 5.25. The van der Waals surface area contributed by atoms with Crippen LogP contribution in [0.15, 0.2) is 22.8 Å². The molecule has 0 bridgehead atoms. The van der Waals surface area contributed by atoms with Crippen molar-refractivity contribution in [2.45, 2.75) is 31.4 Å². The zero-order chi connectivity index (χ0) is 10.2. The standard InChI is InChI=1S/C11H17NO2/c1-9-6-11(13,8-12(9)2)7-10-4-3-5-14-10/h3-5,9,13H,6-8H2,1-2H3. The Morgan fingerprint density at radius 3 is 3.00 bits per heavy atom. The Morgan fingerprint density at radius 2 is 2.50 bits per heavy atom. The largest absolute Gasteiger partial charge is 0.469 e. The van der Waals surface area contributed by atoms with Crippen LogP contribution in [0.5, 0.6) is 0 Å². The van der Waals surface area contributed by atoms with Crippen molar-refractivity contribution in [3.8, 4) is 0 Å². The molecule has 0 amide bonds. The zero-order valence-electron chi connectivity index (χ0n) is 8.73. The third kappa shape index (κ3) is 1.83. The number of hydrogen-bond donors (Lipinski definition) is 1. The van der Waals surface area contributed by atoms with Crippen LogP contribution in [0.3, 0.4) is 0 Å². The molecule has 1 aromatic rings. The maximum absolute atomic E-state index is 10.3. The van der Waals surface area contributed by atoms with Gasteiger partial charge in [-0.2, -0.15) is 0 Å². The maximum atomic E-state index is 10.3. The van der Waals surface area contributed by atoms with Gasteiger partial charge >= 0.3 is 0 Å². The van der Waals surface area contributed by atoms with Crippen molar-refractivity contribution in [1.29, 1.82) is 0 Å². The fraction of sp³-hybridized carbons (Fsp3) is 0.636. The van der Waals surface area contributed by atoms with Gasteiger partial charge in [0.2, 0.25) is 0 Å². The molecule has 14 heavy (non-hydrogen) atoms. The highest BCUT2D eigenvalue weighted by molar-refractivity contribution is 5.06. The van der Waals surface area contributed by atoms with Crippen molar-refractivity contribution in [1.82, 2.24) is 4.90 Å². The second-order valence-electron chi connectivity index (χ2n) is 4.45. The predicted molar refractivity (Wildman–Crippen MR) is 54.1 cm³/mol. The van der Waals surface area contributed by atoms with Crippen LogP contribution in [0.25, 0.3) is 0 Å². The van der Waals surface area contributed by atoms with E-state index in [-0.39, 0.29) is 0 Å². The molecule has 0 radical (unpaired) electrons. The zero-order valence-corrected chi connectivity index (χ0v) is 8.73. The summed E-state index contributed by atoms with van der Waals surface area (Å²) in [7, 11) is 2.05. The van der Waals surface area contributed by atoms with Crippen molar-refractivity contribution >= 4 is 0 Å². The van der Waals surface area contributed by atoms with Gasteiger partial charge in [0.05, 0.1) is 11.9 Å². The molecule has 3 heteroatoms. The highest BCUT2D eigenvalue weighted by Crippen LogP contribution is 2.28. The van der Waals surface area contributed by atoms with Crippen LogP contribution in [-0.4, -0.2) is 35.2 Å². The Hall–Kier alpha value is -0.800. The molecule has 0 spiro atoms. The summed E-state index contributed by atoms with van der Waals surface area (Å²) in [6.07, 6.45) is 3.10. The average molecular weight is 195 g/mol. The van der Waals surface area contributed by atoms with Gasteiger partial charge in [0, 0.05) is 19.0 Å². The summed E-state index contributed by atoms with van der Waals surface area (Å²) in [4.78, 5) is 2.18. The lowest BCUT2D eigenvalue weighted by atomic mass is 9.95. The second kappa shape index (κ2) is 3.41. The lowest BCUT2D eigenvalue weighted by Gasteiger charge is -2.20. The van der Waals surface area contributed by atoms with Crippen molar-refractivity contribution in [3.63, 3.8) is 0 Å². The quantitative estimate of drug-likeness (QED) is 0.772. The molecule has 2 unspecified atom stereocenters. The molecule has 1 fully saturated rings. The summed E-state index contributed by atoms with van der Waals surface area (Å²) in [5, 5.41) is 10.3. The van der Waals surface area contributed by atoms with E-state index in [1.807, 2.05) is 19.2 Å². The smallest absolute Gasteiger partial charge is 0.106 e. The van der Waals surface area contributed by atoms with Crippen LogP contribution < -0.4 is 0 Å². The molecule has 0 aliphatic carbocycles. The molecule has 0 aromatic carbocycles.